The largest absolute Gasteiger partial charge is 0.347 e. The van der Waals surface area contributed by atoms with E-state index in [-0.39, 0.29) is 0 Å². The molecule has 3 N–H and O–H groups in total. The molecule has 0 bridgehead atoms. The van der Waals surface area contributed by atoms with Crippen molar-refractivity contribution >= 4 is 11.2 Å². The van der Waals surface area contributed by atoms with Crippen molar-refractivity contribution in [3.8, 4) is 0 Å². The van der Waals surface area contributed by atoms with Crippen molar-refractivity contribution in [2.45, 2.75) is 13.8 Å². The number of hydrogen-bond acceptors (Lipinski definition) is 4. The van der Waals surface area contributed by atoms with Crippen molar-refractivity contribution in [3.05, 3.63) is 22.0 Å². The number of nitrogens with two attached hydrogens (primary N) is 1. The van der Waals surface area contributed by atoms with Crippen LogP contribution in [0.15, 0.2) is 4.79 Å². The van der Waals surface area contributed by atoms with E-state index in [9.17, 15) is 4.79 Å². The number of nitrogens with zero attached hydrogens (tertiary/aromatic N) is 3. The molecule has 0 saturated heterocycles. The molecule has 0 fully saturated rings. The van der Waals surface area contributed by atoms with Gasteiger partial charge in [0, 0.05) is 5.69 Å². The van der Waals surface area contributed by atoms with E-state index in [2.05, 4.69) is 15.0 Å². The molecule has 0 spiro atoms. The summed E-state index contributed by atoms with van der Waals surface area (Å²) < 4.78 is 1.30. The van der Waals surface area contributed by atoms with E-state index in [4.69, 9.17) is 5.84 Å². The van der Waals surface area contributed by atoms with Crippen LogP contribution in [0, 0.1) is 13.8 Å². The normalized spacial score (nSPS) is 10.9. The molecule has 6 nitrogen and oxygen atoms in total. The van der Waals surface area contributed by atoms with Gasteiger partial charge in [-0.25, -0.2) is 14.5 Å². The average molecular weight is 179 g/mol. The predicted octanol–water partition coefficient (Wildman–Crippen LogP) is -0.550. The van der Waals surface area contributed by atoms with Crippen molar-refractivity contribution < 1.29 is 0 Å². The molecule has 2 aromatic heterocycles. The number of aromatic nitrogens is 4. The molecule has 0 aliphatic rings. The first-order chi connectivity index (χ1) is 6.09. The minimum Gasteiger partial charge on any atom is -0.336 e. The first-order valence-corrected chi connectivity index (χ1v) is 3.80. The Kier molecular flexibility index (Phi) is 1.39. The molecule has 68 valence electrons. The molecule has 6 heteroatoms. The van der Waals surface area contributed by atoms with Crippen LogP contribution in [-0.4, -0.2) is 19.6 Å². The van der Waals surface area contributed by atoms with E-state index < -0.39 is 5.69 Å². The number of rotatable bonds is 0. The first-order valence-electron chi connectivity index (χ1n) is 3.80. The summed E-state index contributed by atoms with van der Waals surface area (Å²) >= 11 is 0. The first kappa shape index (κ1) is 7.78. The minimum atomic E-state index is -0.406. The van der Waals surface area contributed by atoms with Gasteiger partial charge in [0.05, 0.1) is 0 Å². The number of hydrogen-bond donors (Lipinski definition) is 2. The Balaban J connectivity index is 3.03. The van der Waals surface area contributed by atoms with Crippen LogP contribution < -0.4 is 11.5 Å². The van der Waals surface area contributed by atoms with Crippen LogP contribution in [-0.2, 0) is 0 Å². The third kappa shape index (κ3) is 0.986. The molecule has 2 heterocycles. The van der Waals surface area contributed by atoms with E-state index >= 15 is 0 Å². The number of aryl methyl sites for hydroxylation is 2. The molecular weight excluding hydrogens is 170 g/mol. The molecule has 2 rings (SSSR count). The van der Waals surface area contributed by atoms with Crippen LogP contribution in [0.5, 0.6) is 0 Å². The van der Waals surface area contributed by atoms with Gasteiger partial charge in [0.15, 0.2) is 5.65 Å². The summed E-state index contributed by atoms with van der Waals surface area (Å²) in [5.74, 6) is 6.24. The van der Waals surface area contributed by atoms with Crippen LogP contribution in [0.2, 0.25) is 0 Å². The smallest absolute Gasteiger partial charge is 0.336 e. The quantitative estimate of drug-likeness (QED) is 0.531. The Bertz CT molecular complexity index is 523. The second-order valence-corrected chi connectivity index (χ2v) is 2.87. The summed E-state index contributed by atoms with van der Waals surface area (Å²) in [7, 11) is 0. The van der Waals surface area contributed by atoms with Gasteiger partial charge in [0.25, 0.3) is 0 Å². The van der Waals surface area contributed by atoms with Gasteiger partial charge in [-0.2, -0.15) is 4.98 Å². The second-order valence-electron chi connectivity index (χ2n) is 2.87. The summed E-state index contributed by atoms with van der Waals surface area (Å²) in [4.78, 5) is 21.4. The molecule has 0 aromatic carbocycles. The van der Waals surface area contributed by atoms with E-state index in [1.165, 1.54) is 4.68 Å². The Labute approximate surface area is 73.4 Å². The lowest BCUT2D eigenvalue weighted by atomic mass is 10.4. The Morgan fingerprint density at radius 3 is 2.77 bits per heavy atom. The Morgan fingerprint density at radius 1 is 1.38 bits per heavy atom. The lowest BCUT2D eigenvalue weighted by Gasteiger charge is -1.95. The molecule has 0 unspecified atom stereocenters. The third-order valence-electron chi connectivity index (χ3n) is 1.92. The van der Waals surface area contributed by atoms with Gasteiger partial charge in [0.2, 0.25) is 0 Å². The summed E-state index contributed by atoms with van der Waals surface area (Å²) in [5, 5.41) is 0. The number of fused-ring (bicyclic) bond motifs is 1. The van der Waals surface area contributed by atoms with E-state index in [0.29, 0.717) is 22.7 Å². The standard InChI is InChI=1S/C7H9N5O/c1-3-5-6(11-7(13)9-3)12(8)4(2)10-5/h8H2,1-2H3,(H,9,11,13). The van der Waals surface area contributed by atoms with Crippen LogP contribution in [0.25, 0.3) is 11.2 Å². The summed E-state index contributed by atoms with van der Waals surface area (Å²) in [6.07, 6.45) is 0. The zero-order valence-corrected chi connectivity index (χ0v) is 7.33. The van der Waals surface area contributed by atoms with E-state index in [0.717, 1.165) is 0 Å². The number of H-pyrrole nitrogens is 1. The van der Waals surface area contributed by atoms with Gasteiger partial charge in [-0.3, -0.25) is 0 Å². The molecule has 0 saturated carbocycles. The maximum atomic E-state index is 11.0. The van der Waals surface area contributed by atoms with Gasteiger partial charge in [-0.1, -0.05) is 0 Å². The Morgan fingerprint density at radius 2 is 2.08 bits per heavy atom. The van der Waals surface area contributed by atoms with Gasteiger partial charge >= 0.3 is 5.69 Å². The zero-order valence-electron chi connectivity index (χ0n) is 7.33. The van der Waals surface area contributed by atoms with Gasteiger partial charge in [0.1, 0.15) is 11.3 Å². The van der Waals surface area contributed by atoms with Crippen LogP contribution in [0.4, 0.5) is 0 Å². The molecular formula is C7H9N5O. The highest BCUT2D eigenvalue weighted by Gasteiger charge is 2.09. The monoisotopic (exact) mass is 179 g/mol. The van der Waals surface area contributed by atoms with Crippen molar-refractivity contribution in [3.63, 3.8) is 0 Å². The lowest BCUT2D eigenvalue weighted by molar-refractivity contribution is 0.933. The highest BCUT2D eigenvalue weighted by Crippen LogP contribution is 2.10. The summed E-state index contributed by atoms with van der Waals surface area (Å²) in [5.41, 5.74) is 1.33. The van der Waals surface area contributed by atoms with E-state index in [1.807, 2.05) is 0 Å². The van der Waals surface area contributed by atoms with Gasteiger partial charge in [-0.05, 0) is 13.8 Å². The fourth-order valence-corrected chi connectivity index (χ4v) is 1.24. The molecule has 0 radical (unpaired) electrons. The number of imidazole rings is 1. The summed E-state index contributed by atoms with van der Waals surface area (Å²) in [6.45, 7) is 3.52. The molecule has 0 atom stereocenters. The number of aromatic amines is 1. The Hall–Kier alpha value is -1.85. The highest BCUT2D eigenvalue weighted by molar-refractivity contribution is 5.73. The average Bonchev–Trinajstić information content (AvgIpc) is 2.32. The number of nitrogens with one attached hydrogen (secondary N) is 1. The zero-order chi connectivity index (χ0) is 9.59. The van der Waals surface area contributed by atoms with E-state index in [1.54, 1.807) is 13.8 Å². The molecule has 13 heavy (non-hydrogen) atoms. The summed E-state index contributed by atoms with van der Waals surface area (Å²) in [6, 6.07) is 0. The van der Waals surface area contributed by atoms with Crippen LogP contribution in [0.3, 0.4) is 0 Å². The molecule has 0 aliphatic carbocycles. The molecule has 2 aromatic rings. The molecule has 0 aliphatic heterocycles. The SMILES string of the molecule is Cc1[nH]c(=O)nc2c1nc(C)n2N. The van der Waals surface area contributed by atoms with Crippen molar-refractivity contribution in [2.24, 2.45) is 0 Å². The number of nitrogen functional groups attached to an aromatic ring is 1. The fourth-order valence-electron chi connectivity index (χ4n) is 1.24. The lowest BCUT2D eigenvalue weighted by Crippen LogP contribution is -2.16. The van der Waals surface area contributed by atoms with Crippen molar-refractivity contribution in [2.75, 3.05) is 5.84 Å². The minimum absolute atomic E-state index is 0.406. The van der Waals surface area contributed by atoms with Gasteiger partial charge in [-0.15, -0.1) is 0 Å². The fraction of sp³-hybridized carbons (Fsp3) is 0.286. The maximum absolute atomic E-state index is 11.0. The topological polar surface area (TPSA) is 89.6 Å². The second kappa shape index (κ2) is 2.32. The van der Waals surface area contributed by atoms with Gasteiger partial charge < -0.3 is 10.8 Å². The molecule has 0 amide bonds. The van der Waals surface area contributed by atoms with Crippen molar-refractivity contribution in [1.29, 1.82) is 0 Å². The maximum Gasteiger partial charge on any atom is 0.347 e. The van der Waals surface area contributed by atoms with Crippen LogP contribution in [0.1, 0.15) is 11.5 Å². The van der Waals surface area contributed by atoms with Crippen molar-refractivity contribution in [1.82, 2.24) is 19.6 Å². The third-order valence-corrected chi connectivity index (χ3v) is 1.92. The van der Waals surface area contributed by atoms with Crippen LogP contribution >= 0.6 is 0 Å². The highest BCUT2D eigenvalue weighted by atomic mass is 16.1. The predicted molar refractivity (Wildman–Crippen MR) is 47.8 cm³/mol.